The molecule has 0 unspecified atom stereocenters. The molecule has 0 fully saturated rings. The second-order valence-electron chi connectivity index (χ2n) is 5.06. The molecule has 0 radical (unpaired) electrons. The Morgan fingerprint density at radius 2 is 1.89 bits per heavy atom. The number of hydrogen-bond donors (Lipinski definition) is 0. The number of rotatable bonds is 4. The van der Waals surface area contributed by atoms with E-state index in [1.807, 2.05) is 6.07 Å². The van der Waals surface area contributed by atoms with Crippen LogP contribution in [0.25, 0.3) is 0 Å². The van der Waals surface area contributed by atoms with Crippen molar-refractivity contribution in [2.75, 3.05) is 20.1 Å². The molecule has 1 aromatic carbocycles. The monoisotopic (exact) mass is 257 g/mol. The van der Waals surface area contributed by atoms with Crippen molar-refractivity contribution in [2.45, 2.75) is 31.9 Å². The van der Waals surface area contributed by atoms with Crippen LogP contribution in [0.1, 0.15) is 23.1 Å². The molecule has 0 N–H and O–H groups in total. The van der Waals surface area contributed by atoms with Gasteiger partial charge in [-0.15, -0.1) is 0 Å². The summed E-state index contributed by atoms with van der Waals surface area (Å²) >= 11 is 0. The molecule has 100 valence electrons. The largest absolute Gasteiger partial charge is 0.401 e. The van der Waals surface area contributed by atoms with Crippen molar-refractivity contribution in [3.63, 3.8) is 0 Å². The van der Waals surface area contributed by atoms with Crippen LogP contribution in [-0.4, -0.2) is 31.2 Å². The topological polar surface area (TPSA) is 3.24 Å². The van der Waals surface area contributed by atoms with Gasteiger partial charge in [0.25, 0.3) is 0 Å². The number of aryl methyl sites for hydroxylation is 2. The van der Waals surface area contributed by atoms with Gasteiger partial charge in [-0.1, -0.05) is 18.2 Å². The van der Waals surface area contributed by atoms with E-state index in [0.717, 1.165) is 18.4 Å². The SMILES string of the molecule is CN(CCc1ccc2c(c1)CCC2)CC(F)(F)F. The van der Waals surface area contributed by atoms with Gasteiger partial charge in [-0.25, -0.2) is 0 Å². The fourth-order valence-electron chi connectivity index (χ4n) is 2.49. The summed E-state index contributed by atoms with van der Waals surface area (Å²) in [5.74, 6) is 0. The Bertz CT molecular complexity index is 412. The van der Waals surface area contributed by atoms with E-state index >= 15 is 0 Å². The fourth-order valence-corrected chi connectivity index (χ4v) is 2.49. The lowest BCUT2D eigenvalue weighted by Gasteiger charge is -2.18. The van der Waals surface area contributed by atoms with Crippen LogP contribution in [0.3, 0.4) is 0 Å². The van der Waals surface area contributed by atoms with Gasteiger partial charge in [0, 0.05) is 6.54 Å². The van der Waals surface area contributed by atoms with Gasteiger partial charge in [0.2, 0.25) is 0 Å². The van der Waals surface area contributed by atoms with Crippen molar-refractivity contribution in [3.8, 4) is 0 Å². The van der Waals surface area contributed by atoms with Crippen LogP contribution < -0.4 is 0 Å². The summed E-state index contributed by atoms with van der Waals surface area (Å²) in [6, 6.07) is 6.33. The first-order valence-electron chi connectivity index (χ1n) is 6.30. The molecule has 0 saturated carbocycles. The predicted octanol–water partition coefficient (Wildman–Crippen LogP) is 3.21. The Balaban J connectivity index is 1.87. The molecular weight excluding hydrogens is 239 g/mol. The first-order chi connectivity index (χ1) is 8.44. The first kappa shape index (κ1) is 13.4. The number of alkyl halides is 3. The minimum atomic E-state index is -4.10. The van der Waals surface area contributed by atoms with E-state index in [1.54, 1.807) is 0 Å². The molecule has 0 aromatic heterocycles. The van der Waals surface area contributed by atoms with Crippen molar-refractivity contribution < 1.29 is 13.2 Å². The first-order valence-corrected chi connectivity index (χ1v) is 6.30. The summed E-state index contributed by atoms with van der Waals surface area (Å²) in [6.07, 6.45) is 0.0322. The molecule has 0 atom stereocenters. The Kier molecular flexibility index (Phi) is 3.95. The van der Waals surface area contributed by atoms with Gasteiger partial charge in [0.1, 0.15) is 0 Å². The van der Waals surface area contributed by atoms with E-state index in [2.05, 4.69) is 12.1 Å². The van der Waals surface area contributed by atoms with Gasteiger partial charge >= 0.3 is 6.18 Å². The standard InChI is InChI=1S/C14H18F3N/c1-18(10-14(15,16)17)8-7-11-5-6-12-3-2-4-13(12)9-11/h5-6,9H,2-4,7-8,10H2,1H3. The van der Waals surface area contributed by atoms with Crippen molar-refractivity contribution in [1.82, 2.24) is 4.90 Å². The fraction of sp³-hybridized carbons (Fsp3) is 0.571. The lowest BCUT2D eigenvalue weighted by molar-refractivity contribution is -0.142. The highest BCUT2D eigenvalue weighted by molar-refractivity contribution is 5.35. The molecule has 1 aliphatic carbocycles. The molecule has 0 bridgehead atoms. The van der Waals surface area contributed by atoms with Gasteiger partial charge in [-0.3, -0.25) is 4.90 Å². The quantitative estimate of drug-likeness (QED) is 0.800. The van der Waals surface area contributed by atoms with Crippen molar-refractivity contribution in [3.05, 3.63) is 34.9 Å². The van der Waals surface area contributed by atoms with Gasteiger partial charge in [-0.2, -0.15) is 13.2 Å². The summed E-state index contributed by atoms with van der Waals surface area (Å²) in [7, 11) is 1.51. The Hall–Kier alpha value is -1.03. The zero-order chi connectivity index (χ0) is 13.2. The van der Waals surface area contributed by atoms with E-state index in [0.29, 0.717) is 13.0 Å². The van der Waals surface area contributed by atoms with Crippen LogP contribution in [0.4, 0.5) is 13.2 Å². The van der Waals surface area contributed by atoms with Gasteiger partial charge in [0.05, 0.1) is 6.54 Å². The van der Waals surface area contributed by atoms with Crippen molar-refractivity contribution in [2.24, 2.45) is 0 Å². The molecule has 2 rings (SSSR count). The average Bonchev–Trinajstić information content (AvgIpc) is 2.71. The maximum absolute atomic E-state index is 12.2. The van der Waals surface area contributed by atoms with Crippen LogP contribution in [0, 0.1) is 0 Å². The van der Waals surface area contributed by atoms with Gasteiger partial charge in [0.15, 0.2) is 0 Å². The molecule has 0 aliphatic heterocycles. The number of benzene rings is 1. The highest BCUT2D eigenvalue weighted by Crippen LogP contribution is 2.23. The third-order valence-electron chi connectivity index (χ3n) is 3.39. The average molecular weight is 257 g/mol. The minimum Gasteiger partial charge on any atom is -0.298 e. The van der Waals surface area contributed by atoms with E-state index in [-0.39, 0.29) is 0 Å². The second-order valence-corrected chi connectivity index (χ2v) is 5.06. The predicted molar refractivity (Wildman–Crippen MR) is 65.7 cm³/mol. The Morgan fingerprint density at radius 1 is 1.17 bits per heavy atom. The molecule has 4 heteroatoms. The normalized spacial score (nSPS) is 15.2. The molecule has 0 amide bonds. The van der Waals surface area contributed by atoms with Crippen molar-refractivity contribution in [1.29, 1.82) is 0 Å². The molecule has 0 saturated heterocycles. The van der Waals surface area contributed by atoms with Crippen LogP contribution in [0.5, 0.6) is 0 Å². The summed E-state index contributed by atoms with van der Waals surface area (Å²) in [6.45, 7) is -0.393. The summed E-state index contributed by atoms with van der Waals surface area (Å²) < 4.78 is 36.5. The lowest BCUT2D eigenvalue weighted by Crippen LogP contribution is -2.32. The molecule has 0 spiro atoms. The molecule has 18 heavy (non-hydrogen) atoms. The molecule has 0 heterocycles. The summed E-state index contributed by atoms with van der Waals surface area (Å²) in [4.78, 5) is 1.33. The van der Waals surface area contributed by atoms with E-state index in [1.165, 1.54) is 29.5 Å². The van der Waals surface area contributed by atoms with Gasteiger partial charge in [-0.05, 0) is 49.4 Å². The van der Waals surface area contributed by atoms with Crippen LogP contribution in [0.2, 0.25) is 0 Å². The van der Waals surface area contributed by atoms with Crippen LogP contribution in [-0.2, 0) is 19.3 Å². The highest BCUT2D eigenvalue weighted by Gasteiger charge is 2.28. The zero-order valence-corrected chi connectivity index (χ0v) is 10.6. The number of fused-ring (bicyclic) bond motifs is 1. The number of nitrogens with zero attached hydrogens (tertiary/aromatic N) is 1. The summed E-state index contributed by atoms with van der Waals surface area (Å²) in [5.41, 5.74) is 3.93. The van der Waals surface area contributed by atoms with Gasteiger partial charge < -0.3 is 0 Å². The third-order valence-corrected chi connectivity index (χ3v) is 3.39. The van der Waals surface area contributed by atoms with Crippen molar-refractivity contribution >= 4 is 0 Å². The van der Waals surface area contributed by atoms with E-state index in [4.69, 9.17) is 0 Å². The number of hydrogen-bond acceptors (Lipinski definition) is 1. The van der Waals surface area contributed by atoms with Crippen LogP contribution >= 0.6 is 0 Å². The maximum Gasteiger partial charge on any atom is 0.401 e. The highest BCUT2D eigenvalue weighted by atomic mass is 19.4. The van der Waals surface area contributed by atoms with E-state index in [9.17, 15) is 13.2 Å². The number of likely N-dealkylation sites (N-methyl/N-ethyl adjacent to an activating group) is 1. The molecule has 1 nitrogen and oxygen atoms in total. The van der Waals surface area contributed by atoms with E-state index < -0.39 is 12.7 Å². The summed E-state index contributed by atoms with van der Waals surface area (Å²) in [5, 5.41) is 0. The second kappa shape index (κ2) is 5.31. The number of halogens is 3. The lowest BCUT2D eigenvalue weighted by atomic mass is 10.0. The van der Waals surface area contributed by atoms with Crippen LogP contribution in [0.15, 0.2) is 18.2 Å². The third kappa shape index (κ3) is 3.73. The molecule has 1 aromatic rings. The molecular formula is C14H18F3N. The Morgan fingerprint density at radius 3 is 2.61 bits per heavy atom. The Labute approximate surface area is 106 Å². The molecule has 1 aliphatic rings. The smallest absolute Gasteiger partial charge is 0.298 e. The maximum atomic E-state index is 12.2. The zero-order valence-electron chi connectivity index (χ0n) is 10.6. The minimum absolute atomic E-state index is 0.443.